The van der Waals surface area contributed by atoms with Crippen LogP contribution in [0.2, 0.25) is 0 Å². The second-order valence-electron chi connectivity index (χ2n) is 4.57. The van der Waals surface area contributed by atoms with Crippen LogP contribution in [0.5, 0.6) is 0 Å². The van der Waals surface area contributed by atoms with Crippen molar-refractivity contribution in [2.45, 2.75) is 13.5 Å². The Bertz CT molecular complexity index is 767. The number of esters is 1. The fourth-order valence-electron chi connectivity index (χ4n) is 1.75. The predicted octanol–water partition coefficient (Wildman–Crippen LogP) is 1.54. The molecule has 0 atom stereocenters. The summed E-state index contributed by atoms with van der Waals surface area (Å²) in [6, 6.07) is 2.76. The minimum Gasteiger partial charge on any atom is -0.457 e. The maximum absolute atomic E-state index is 13.0. The van der Waals surface area contributed by atoms with Crippen LogP contribution in [-0.4, -0.2) is 31.5 Å². The predicted molar refractivity (Wildman–Crippen MR) is 74.0 cm³/mol. The monoisotopic (exact) mass is 330 g/mol. The summed E-state index contributed by atoms with van der Waals surface area (Å²) in [5.41, 5.74) is 0.0700. The van der Waals surface area contributed by atoms with E-state index >= 15 is 0 Å². The van der Waals surface area contributed by atoms with E-state index in [4.69, 9.17) is 4.74 Å². The lowest BCUT2D eigenvalue weighted by Crippen LogP contribution is -2.29. The van der Waals surface area contributed by atoms with Crippen LogP contribution in [0.1, 0.15) is 12.5 Å². The van der Waals surface area contributed by atoms with Gasteiger partial charge in [0.1, 0.15) is 18.2 Å². The Balaban J connectivity index is 2.12. The Morgan fingerprint density at radius 2 is 1.86 bits per heavy atom. The first-order chi connectivity index (χ1) is 10.2. The molecule has 0 radical (unpaired) electrons. The molecule has 0 fully saturated rings. The van der Waals surface area contributed by atoms with Gasteiger partial charge in [-0.15, -0.1) is 4.40 Å². The molecule has 22 heavy (non-hydrogen) atoms. The lowest BCUT2D eigenvalue weighted by molar-refractivity contribution is -0.139. The van der Waals surface area contributed by atoms with Crippen molar-refractivity contribution < 1.29 is 26.7 Å². The Labute approximate surface area is 125 Å². The smallest absolute Gasteiger partial charge is 0.344 e. The molecule has 118 valence electrons. The number of hydrogen-bond donors (Lipinski definition) is 0. The summed E-state index contributed by atoms with van der Waals surface area (Å²) in [4.78, 5) is 11.9. The van der Waals surface area contributed by atoms with Crippen molar-refractivity contribution in [2.24, 2.45) is 4.40 Å². The van der Waals surface area contributed by atoms with E-state index in [1.807, 2.05) is 0 Å². The Morgan fingerprint density at radius 1 is 1.27 bits per heavy atom. The van der Waals surface area contributed by atoms with Crippen molar-refractivity contribution in [1.82, 2.24) is 4.31 Å². The summed E-state index contributed by atoms with van der Waals surface area (Å²) in [5.74, 6) is -2.41. The summed E-state index contributed by atoms with van der Waals surface area (Å²) < 4.78 is 58.1. The molecule has 0 saturated carbocycles. The van der Waals surface area contributed by atoms with E-state index < -0.39 is 27.8 Å². The SMILES string of the molecule is CC1=NS(=O)(=O)N(C)C=C1C(=O)OCc1cc(F)cc(F)c1. The zero-order valence-corrected chi connectivity index (χ0v) is 12.5. The van der Waals surface area contributed by atoms with Gasteiger partial charge in [-0.25, -0.2) is 13.6 Å². The highest BCUT2D eigenvalue weighted by atomic mass is 32.2. The van der Waals surface area contributed by atoms with E-state index in [-0.39, 0.29) is 23.5 Å². The quantitative estimate of drug-likeness (QED) is 0.788. The first kappa shape index (κ1) is 16.1. The van der Waals surface area contributed by atoms with Gasteiger partial charge in [-0.05, 0) is 24.6 Å². The lowest BCUT2D eigenvalue weighted by atomic mass is 10.2. The van der Waals surface area contributed by atoms with Crippen LogP contribution < -0.4 is 0 Å². The van der Waals surface area contributed by atoms with Crippen molar-refractivity contribution in [3.05, 3.63) is 47.2 Å². The van der Waals surface area contributed by atoms with E-state index in [0.29, 0.717) is 6.07 Å². The van der Waals surface area contributed by atoms with Crippen LogP contribution in [0, 0.1) is 11.6 Å². The van der Waals surface area contributed by atoms with Crippen molar-refractivity contribution in [3.8, 4) is 0 Å². The van der Waals surface area contributed by atoms with Crippen LogP contribution in [0.3, 0.4) is 0 Å². The van der Waals surface area contributed by atoms with E-state index in [2.05, 4.69) is 4.40 Å². The molecule has 1 aromatic carbocycles. The topological polar surface area (TPSA) is 76.0 Å². The number of carbonyl (C=O) groups excluding carboxylic acids is 1. The maximum atomic E-state index is 13.0. The maximum Gasteiger partial charge on any atom is 0.344 e. The van der Waals surface area contributed by atoms with Crippen LogP contribution in [0.15, 0.2) is 34.4 Å². The molecule has 0 aliphatic carbocycles. The van der Waals surface area contributed by atoms with Gasteiger partial charge in [0, 0.05) is 19.3 Å². The highest BCUT2D eigenvalue weighted by Gasteiger charge is 2.26. The molecule has 0 aromatic heterocycles. The minimum absolute atomic E-state index is 0.0199. The van der Waals surface area contributed by atoms with Gasteiger partial charge in [-0.2, -0.15) is 8.42 Å². The van der Waals surface area contributed by atoms with Gasteiger partial charge in [-0.1, -0.05) is 0 Å². The van der Waals surface area contributed by atoms with Gasteiger partial charge >= 0.3 is 16.2 Å². The average Bonchev–Trinajstić information content (AvgIpc) is 2.38. The molecular formula is C13H12F2N2O4S. The molecule has 1 aliphatic heterocycles. The van der Waals surface area contributed by atoms with Gasteiger partial charge in [0.2, 0.25) is 0 Å². The fraction of sp³-hybridized carbons (Fsp3) is 0.231. The van der Waals surface area contributed by atoms with Crippen LogP contribution in [0.25, 0.3) is 0 Å². The molecule has 0 amide bonds. The normalized spacial score (nSPS) is 16.8. The Morgan fingerprint density at radius 3 is 2.45 bits per heavy atom. The standard InChI is InChI=1S/C13H12F2N2O4S/c1-8-12(6-17(2)22(19,20)16-8)13(18)21-7-9-3-10(14)5-11(15)4-9/h3-6H,7H2,1-2H3. The van der Waals surface area contributed by atoms with E-state index in [1.54, 1.807) is 0 Å². The molecule has 9 heteroatoms. The number of hydrogen-bond acceptors (Lipinski definition) is 4. The Hall–Kier alpha value is -2.29. The number of carbonyl (C=O) groups is 1. The molecular weight excluding hydrogens is 318 g/mol. The summed E-state index contributed by atoms with van der Waals surface area (Å²) in [6.45, 7) is 0.994. The molecule has 0 N–H and O–H groups in total. The van der Waals surface area contributed by atoms with Gasteiger partial charge in [0.05, 0.1) is 11.3 Å². The van der Waals surface area contributed by atoms with Crippen molar-refractivity contribution in [2.75, 3.05) is 7.05 Å². The number of rotatable bonds is 3. The van der Waals surface area contributed by atoms with Gasteiger partial charge < -0.3 is 4.74 Å². The van der Waals surface area contributed by atoms with Crippen LogP contribution in [0.4, 0.5) is 8.78 Å². The molecule has 1 heterocycles. The summed E-state index contributed by atoms with van der Waals surface area (Å²) in [7, 11) is -2.59. The van der Waals surface area contributed by atoms with Crippen LogP contribution >= 0.6 is 0 Å². The van der Waals surface area contributed by atoms with Crippen molar-refractivity contribution in [1.29, 1.82) is 0 Å². The number of ether oxygens (including phenoxy) is 1. The minimum atomic E-state index is -3.82. The lowest BCUT2D eigenvalue weighted by Gasteiger charge is -2.19. The third-order valence-corrected chi connectivity index (χ3v) is 4.17. The molecule has 0 bridgehead atoms. The van der Waals surface area contributed by atoms with Gasteiger partial charge in [0.25, 0.3) is 0 Å². The summed E-state index contributed by atoms with van der Waals surface area (Å²) in [6.07, 6.45) is 1.08. The second-order valence-corrected chi connectivity index (χ2v) is 6.22. The van der Waals surface area contributed by atoms with Gasteiger partial charge in [0.15, 0.2) is 0 Å². The molecule has 0 unspecified atom stereocenters. The van der Waals surface area contributed by atoms with E-state index in [1.165, 1.54) is 14.0 Å². The van der Waals surface area contributed by atoms with Crippen LogP contribution in [-0.2, 0) is 26.3 Å². The molecule has 2 rings (SSSR count). The second kappa shape index (κ2) is 5.84. The highest BCUT2D eigenvalue weighted by molar-refractivity contribution is 7.88. The van der Waals surface area contributed by atoms with Crippen molar-refractivity contribution in [3.63, 3.8) is 0 Å². The zero-order chi connectivity index (χ0) is 16.5. The molecule has 1 aliphatic rings. The fourth-order valence-corrected chi connectivity index (χ4v) is 2.56. The summed E-state index contributed by atoms with van der Waals surface area (Å²) in [5, 5.41) is 0. The first-order valence-corrected chi connectivity index (χ1v) is 7.47. The molecule has 0 spiro atoms. The van der Waals surface area contributed by atoms with E-state index in [0.717, 1.165) is 22.6 Å². The molecule has 0 saturated heterocycles. The largest absolute Gasteiger partial charge is 0.457 e. The molecule has 1 aromatic rings. The summed E-state index contributed by atoms with van der Waals surface area (Å²) >= 11 is 0. The number of halogens is 2. The Kier molecular flexibility index (Phi) is 4.27. The number of benzene rings is 1. The zero-order valence-electron chi connectivity index (χ0n) is 11.7. The third-order valence-electron chi connectivity index (χ3n) is 2.83. The van der Waals surface area contributed by atoms with Gasteiger partial charge in [-0.3, -0.25) is 4.31 Å². The number of nitrogens with zero attached hydrogens (tertiary/aromatic N) is 2. The third kappa shape index (κ3) is 3.48. The highest BCUT2D eigenvalue weighted by Crippen LogP contribution is 2.16. The average molecular weight is 330 g/mol. The molecule has 6 nitrogen and oxygen atoms in total. The van der Waals surface area contributed by atoms with E-state index in [9.17, 15) is 22.0 Å². The van der Waals surface area contributed by atoms with Crippen molar-refractivity contribution >= 4 is 21.9 Å². The first-order valence-electron chi connectivity index (χ1n) is 6.08.